The van der Waals surface area contributed by atoms with Gasteiger partial charge in [0.2, 0.25) is 0 Å². The van der Waals surface area contributed by atoms with Crippen molar-refractivity contribution in [2.24, 2.45) is 0 Å². The molecule has 128 valence electrons. The summed E-state index contributed by atoms with van der Waals surface area (Å²) in [7, 11) is 0. The van der Waals surface area contributed by atoms with Gasteiger partial charge in [-0.1, -0.05) is 12.1 Å². The largest absolute Gasteiger partial charge is 0.368 e. The van der Waals surface area contributed by atoms with Crippen LogP contribution in [0.4, 0.5) is 21.7 Å². The highest BCUT2D eigenvalue weighted by Crippen LogP contribution is 2.23. The second-order valence-corrected chi connectivity index (χ2v) is 6.38. The van der Waals surface area contributed by atoms with E-state index in [0.717, 1.165) is 43.6 Å². The molecule has 2 aromatic rings. The van der Waals surface area contributed by atoms with Crippen LogP contribution < -0.4 is 15.1 Å². The van der Waals surface area contributed by atoms with Gasteiger partial charge < -0.3 is 15.1 Å². The minimum atomic E-state index is -0.160. The topological polar surface area (TPSA) is 44.3 Å². The lowest BCUT2D eigenvalue weighted by molar-refractivity contribution is 0.596. The summed E-state index contributed by atoms with van der Waals surface area (Å²) in [5.41, 5.74) is 0.679. The lowest BCUT2D eigenvalue weighted by Crippen LogP contribution is -2.47. The van der Waals surface area contributed by atoms with Crippen LogP contribution in [0.3, 0.4) is 0 Å². The van der Waals surface area contributed by atoms with Gasteiger partial charge in [0, 0.05) is 38.3 Å². The third-order valence-electron chi connectivity index (χ3n) is 4.06. The van der Waals surface area contributed by atoms with E-state index in [-0.39, 0.29) is 5.82 Å². The molecule has 1 aromatic heterocycles. The Morgan fingerprint density at radius 1 is 1.04 bits per heavy atom. The Morgan fingerprint density at radius 2 is 1.71 bits per heavy atom. The molecular formula is C18H24FN5. The summed E-state index contributed by atoms with van der Waals surface area (Å²) in [5, 5.41) is 3.33. The van der Waals surface area contributed by atoms with Gasteiger partial charge in [-0.3, -0.25) is 0 Å². The number of anilines is 3. The Kier molecular flexibility index (Phi) is 4.83. The monoisotopic (exact) mass is 329 g/mol. The summed E-state index contributed by atoms with van der Waals surface area (Å²) in [5.74, 6) is 2.38. The minimum absolute atomic E-state index is 0.160. The van der Waals surface area contributed by atoms with Gasteiger partial charge >= 0.3 is 0 Å². The number of benzene rings is 1. The Hall–Kier alpha value is -2.37. The van der Waals surface area contributed by atoms with Gasteiger partial charge in [0.05, 0.1) is 5.69 Å². The van der Waals surface area contributed by atoms with Crippen LogP contribution >= 0.6 is 0 Å². The second kappa shape index (κ2) is 7.03. The predicted octanol–water partition coefficient (Wildman–Crippen LogP) is 3.07. The number of rotatable bonds is 4. The van der Waals surface area contributed by atoms with E-state index in [9.17, 15) is 4.39 Å². The van der Waals surface area contributed by atoms with Gasteiger partial charge in [-0.15, -0.1) is 0 Å². The van der Waals surface area contributed by atoms with Crippen molar-refractivity contribution in [2.75, 3.05) is 41.3 Å². The molecule has 0 bridgehead atoms. The first kappa shape index (κ1) is 16.5. The summed E-state index contributed by atoms with van der Waals surface area (Å²) in [6.45, 7) is 9.25. The van der Waals surface area contributed by atoms with Crippen molar-refractivity contribution < 1.29 is 4.39 Å². The van der Waals surface area contributed by atoms with Crippen molar-refractivity contribution in [1.29, 1.82) is 0 Å². The van der Waals surface area contributed by atoms with Crippen LogP contribution in [0.2, 0.25) is 0 Å². The van der Waals surface area contributed by atoms with E-state index in [4.69, 9.17) is 0 Å². The van der Waals surface area contributed by atoms with Crippen LogP contribution in [0, 0.1) is 12.7 Å². The van der Waals surface area contributed by atoms with Gasteiger partial charge in [0.1, 0.15) is 23.3 Å². The zero-order valence-corrected chi connectivity index (χ0v) is 14.5. The Labute approximate surface area is 142 Å². The third-order valence-corrected chi connectivity index (χ3v) is 4.06. The molecule has 0 aliphatic carbocycles. The molecule has 24 heavy (non-hydrogen) atoms. The maximum Gasteiger partial charge on any atom is 0.146 e. The highest BCUT2D eigenvalue weighted by molar-refractivity contribution is 5.53. The van der Waals surface area contributed by atoms with E-state index >= 15 is 0 Å². The molecule has 1 fully saturated rings. The third kappa shape index (κ3) is 3.75. The molecular weight excluding hydrogens is 305 g/mol. The zero-order chi connectivity index (χ0) is 17.1. The Bertz CT molecular complexity index is 696. The van der Waals surface area contributed by atoms with E-state index in [2.05, 4.69) is 38.9 Å². The SMILES string of the molecule is Cc1nc(NC(C)C)cc(N2CCN(c3ccccc3F)CC2)n1. The molecule has 1 aromatic carbocycles. The highest BCUT2D eigenvalue weighted by atomic mass is 19.1. The first-order valence-electron chi connectivity index (χ1n) is 8.39. The van der Waals surface area contributed by atoms with Gasteiger partial charge in [-0.25, -0.2) is 14.4 Å². The molecule has 0 spiro atoms. The average molecular weight is 329 g/mol. The number of hydrogen-bond acceptors (Lipinski definition) is 5. The number of nitrogens with one attached hydrogen (secondary N) is 1. The van der Waals surface area contributed by atoms with Gasteiger partial charge in [-0.05, 0) is 32.9 Å². The van der Waals surface area contributed by atoms with Gasteiger partial charge in [-0.2, -0.15) is 0 Å². The fourth-order valence-electron chi connectivity index (χ4n) is 2.97. The van der Waals surface area contributed by atoms with Gasteiger partial charge in [0.25, 0.3) is 0 Å². The summed E-state index contributed by atoms with van der Waals surface area (Å²) < 4.78 is 13.9. The van der Waals surface area contributed by atoms with Crippen LogP contribution in [0.15, 0.2) is 30.3 Å². The van der Waals surface area contributed by atoms with Crippen molar-refractivity contribution >= 4 is 17.3 Å². The highest BCUT2D eigenvalue weighted by Gasteiger charge is 2.21. The van der Waals surface area contributed by atoms with Crippen LogP contribution in [0.5, 0.6) is 0 Å². The molecule has 0 saturated carbocycles. The lowest BCUT2D eigenvalue weighted by Gasteiger charge is -2.37. The fourth-order valence-corrected chi connectivity index (χ4v) is 2.97. The molecule has 1 N–H and O–H groups in total. The standard InChI is InChI=1S/C18H24FN5/c1-13(2)20-17-12-18(22-14(3)21-17)24-10-8-23(9-11-24)16-7-5-4-6-15(16)19/h4-7,12-13H,8-11H2,1-3H3,(H,20,21,22). The van der Waals surface area contributed by atoms with Crippen LogP contribution in [-0.2, 0) is 0 Å². The van der Waals surface area contributed by atoms with E-state index in [1.54, 1.807) is 6.07 Å². The van der Waals surface area contributed by atoms with Crippen molar-refractivity contribution in [3.63, 3.8) is 0 Å². The van der Waals surface area contributed by atoms with E-state index < -0.39 is 0 Å². The van der Waals surface area contributed by atoms with Crippen molar-refractivity contribution in [3.8, 4) is 0 Å². The molecule has 0 atom stereocenters. The van der Waals surface area contributed by atoms with Crippen molar-refractivity contribution in [1.82, 2.24) is 9.97 Å². The number of aromatic nitrogens is 2. The fraction of sp³-hybridized carbons (Fsp3) is 0.444. The average Bonchev–Trinajstić information content (AvgIpc) is 2.54. The molecule has 5 nitrogen and oxygen atoms in total. The zero-order valence-electron chi connectivity index (χ0n) is 14.5. The summed E-state index contributed by atoms with van der Waals surface area (Å²) >= 11 is 0. The minimum Gasteiger partial charge on any atom is -0.368 e. The number of nitrogens with zero attached hydrogens (tertiary/aromatic N) is 4. The smallest absolute Gasteiger partial charge is 0.146 e. The van der Waals surface area contributed by atoms with Gasteiger partial charge in [0.15, 0.2) is 0 Å². The molecule has 1 saturated heterocycles. The van der Waals surface area contributed by atoms with E-state index in [1.807, 2.05) is 25.1 Å². The number of aryl methyl sites for hydroxylation is 1. The number of piperazine rings is 1. The summed E-state index contributed by atoms with van der Waals surface area (Å²) in [4.78, 5) is 13.3. The molecule has 1 aliphatic rings. The normalized spacial score (nSPS) is 15.0. The Morgan fingerprint density at radius 3 is 2.38 bits per heavy atom. The number of para-hydroxylation sites is 1. The summed E-state index contributed by atoms with van der Waals surface area (Å²) in [6, 6.07) is 9.27. The molecule has 0 radical (unpaired) electrons. The quantitative estimate of drug-likeness (QED) is 0.934. The van der Waals surface area contributed by atoms with Crippen molar-refractivity contribution in [2.45, 2.75) is 26.8 Å². The molecule has 6 heteroatoms. The first-order valence-corrected chi connectivity index (χ1v) is 8.39. The van der Waals surface area contributed by atoms with Crippen molar-refractivity contribution in [3.05, 3.63) is 42.0 Å². The lowest BCUT2D eigenvalue weighted by atomic mass is 10.2. The van der Waals surface area contributed by atoms with Crippen LogP contribution in [0.1, 0.15) is 19.7 Å². The molecule has 0 unspecified atom stereocenters. The van der Waals surface area contributed by atoms with Crippen LogP contribution in [0.25, 0.3) is 0 Å². The molecule has 3 rings (SSSR count). The number of hydrogen-bond donors (Lipinski definition) is 1. The molecule has 2 heterocycles. The molecule has 1 aliphatic heterocycles. The maximum atomic E-state index is 13.9. The second-order valence-electron chi connectivity index (χ2n) is 6.38. The maximum absolute atomic E-state index is 13.9. The predicted molar refractivity (Wildman–Crippen MR) is 96.4 cm³/mol. The first-order chi connectivity index (χ1) is 11.5. The number of halogens is 1. The Balaban J connectivity index is 1.71. The van der Waals surface area contributed by atoms with Crippen LogP contribution in [-0.4, -0.2) is 42.2 Å². The summed E-state index contributed by atoms with van der Waals surface area (Å²) in [6.07, 6.45) is 0. The van der Waals surface area contributed by atoms with E-state index in [1.165, 1.54) is 6.07 Å². The molecule has 0 amide bonds. The van der Waals surface area contributed by atoms with E-state index in [0.29, 0.717) is 11.7 Å².